The Bertz CT molecular complexity index is 1700. The minimum atomic E-state index is -0.904. The lowest BCUT2D eigenvalue weighted by molar-refractivity contribution is -0.127. The lowest BCUT2D eigenvalue weighted by Crippen LogP contribution is -2.52. The predicted octanol–water partition coefficient (Wildman–Crippen LogP) is 4.95. The quantitative estimate of drug-likeness (QED) is 0.211. The van der Waals surface area contributed by atoms with Gasteiger partial charge in [0.05, 0.1) is 13.2 Å². The third-order valence-electron chi connectivity index (χ3n) is 9.38. The van der Waals surface area contributed by atoms with Gasteiger partial charge in [-0.15, -0.1) is 22.6 Å². The van der Waals surface area contributed by atoms with Crippen LogP contribution in [-0.2, 0) is 20.7 Å². The van der Waals surface area contributed by atoms with Crippen molar-refractivity contribution in [1.82, 2.24) is 20.2 Å². The Morgan fingerprint density at radius 2 is 1.77 bits per heavy atom. The third kappa shape index (κ3) is 7.98. The average Bonchev–Trinajstić information content (AvgIpc) is 3.54. The van der Waals surface area contributed by atoms with Crippen LogP contribution >= 0.6 is 24.0 Å². The number of benzene rings is 2. The van der Waals surface area contributed by atoms with Gasteiger partial charge in [-0.1, -0.05) is 24.3 Å². The van der Waals surface area contributed by atoms with Gasteiger partial charge in [0.1, 0.15) is 11.9 Å². The van der Waals surface area contributed by atoms with E-state index in [4.69, 9.17) is 32.8 Å². The lowest BCUT2D eigenvalue weighted by atomic mass is 9.81. The van der Waals surface area contributed by atoms with Crippen LogP contribution in [0.3, 0.4) is 0 Å². The number of amides is 2. The number of primary amides is 1. The summed E-state index contributed by atoms with van der Waals surface area (Å²) in [4.78, 5) is 39.0. The highest BCUT2D eigenvalue weighted by Crippen LogP contribution is 2.34. The summed E-state index contributed by atoms with van der Waals surface area (Å²) in [6.45, 7) is 5.72. The van der Waals surface area contributed by atoms with Gasteiger partial charge < -0.3 is 26.1 Å². The molecule has 4 aromatic rings. The van der Waals surface area contributed by atoms with E-state index in [0.717, 1.165) is 72.4 Å². The molecule has 2 amide bonds. The number of anilines is 2. The molecule has 0 unspecified atom stereocenters. The molecule has 13 heteroatoms. The van der Waals surface area contributed by atoms with Crippen LogP contribution in [-0.4, -0.2) is 70.9 Å². The molecule has 0 spiro atoms. The number of carbonyl (C=O) groups excluding carboxylic acids is 2. The number of aryl methyl sites for hydroxylation is 1. The standard InChI is InChI=1S/C35H41ClN8O3.ClH/c1-22-17-31(43-13-15-47-16-14-43)39-21-29(22)27-4-2-3-24(18-27)19-30(32(38)45)44(34(46)26-7-5-23(20-37)6-8-26)28-11-9-25(10-12-28)33-40-35(36)42-41-33;/h2-4,9-12,17-18,21,23,26,30H,5-8,13-16,19-20,37H2,1H3,(H2,38,45)(H,40,41,42);1H/t23-,26-,30-;/m0./s1. The monoisotopic (exact) mass is 692 g/mol. The van der Waals surface area contributed by atoms with Crippen molar-refractivity contribution < 1.29 is 14.3 Å². The molecule has 1 aliphatic carbocycles. The molecule has 1 saturated heterocycles. The molecule has 2 aromatic carbocycles. The van der Waals surface area contributed by atoms with Gasteiger partial charge in [-0.2, -0.15) is 0 Å². The van der Waals surface area contributed by atoms with E-state index in [-0.39, 0.29) is 35.9 Å². The van der Waals surface area contributed by atoms with Crippen LogP contribution in [0, 0.1) is 18.8 Å². The van der Waals surface area contributed by atoms with E-state index in [0.29, 0.717) is 37.2 Å². The number of ether oxygens (including phenoxy) is 1. The first-order chi connectivity index (χ1) is 22.8. The molecule has 254 valence electrons. The number of carbonyl (C=O) groups is 2. The number of hydrogen-bond donors (Lipinski definition) is 3. The number of H-pyrrole nitrogens is 1. The van der Waals surface area contributed by atoms with Crippen LogP contribution in [0.4, 0.5) is 11.5 Å². The van der Waals surface area contributed by atoms with Gasteiger partial charge in [-0.3, -0.25) is 14.5 Å². The Labute approximate surface area is 291 Å². The highest BCUT2D eigenvalue weighted by Gasteiger charge is 2.36. The zero-order valence-electron chi connectivity index (χ0n) is 27.0. The molecule has 0 radical (unpaired) electrons. The summed E-state index contributed by atoms with van der Waals surface area (Å²) < 4.78 is 5.49. The maximum absolute atomic E-state index is 14.3. The van der Waals surface area contributed by atoms with Crippen molar-refractivity contribution in [3.63, 3.8) is 0 Å². The molecule has 2 aromatic heterocycles. The topological polar surface area (TPSA) is 156 Å². The smallest absolute Gasteiger partial charge is 0.240 e. The fourth-order valence-corrected chi connectivity index (χ4v) is 6.80. The van der Waals surface area contributed by atoms with Crippen LogP contribution < -0.4 is 21.3 Å². The predicted molar refractivity (Wildman–Crippen MR) is 190 cm³/mol. The summed E-state index contributed by atoms with van der Waals surface area (Å²) in [5.41, 5.74) is 17.4. The summed E-state index contributed by atoms with van der Waals surface area (Å²) in [7, 11) is 0. The Morgan fingerprint density at radius 1 is 1.04 bits per heavy atom. The molecule has 2 fully saturated rings. The maximum Gasteiger partial charge on any atom is 0.240 e. The first kappa shape index (κ1) is 35.3. The minimum absolute atomic E-state index is 0. The van der Waals surface area contributed by atoms with E-state index in [1.807, 2.05) is 48.7 Å². The number of nitrogens with one attached hydrogen (secondary N) is 1. The Balaban J connectivity index is 0.00000451. The average molecular weight is 694 g/mol. The number of rotatable bonds is 10. The van der Waals surface area contributed by atoms with Gasteiger partial charge in [0.25, 0.3) is 0 Å². The molecule has 6 rings (SSSR count). The van der Waals surface area contributed by atoms with Gasteiger partial charge in [0.2, 0.25) is 17.1 Å². The summed E-state index contributed by atoms with van der Waals surface area (Å²) in [5.74, 6) is 0.957. The number of nitrogens with two attached hydrogens (primary N) is 2. The van der Waals surface area contributed by atoms with Gasteiger partial charge in [-0.05, 0) is 104 Å². The number of pyridine rings is 1. The number of halogens is 2. The summed E-state index contributed by atoms with van der Waals surface area (Å²) in [5, 5.41) is 8.07. The second kappa shape index (κ2) is 15.9. The van der Waals surface area contributed by atoms with E-state index in [2.05, 4.69) is 39.1 Å². The van der Waals surface area contributed by atoms with Gasteiger partial charge in [-0.25, -0.2) is 4.98 Å². The van der Waals surface area contributed by atoms with Crippen molar-refractivity contribution in [3.05, 3.63) is 77.2 Å². The van der Waals surface area contributed by atoms with Crippen molar-refractivity contribution in [2.45, 2.75) is 45.1 Å². The molecule has 0 bridgehead atoms. The van der Waals surface area contributed by atoms with E-state index >= 15 is 0 Å². The van der Waals surface area contributed by atoms with Crippen molar-refractivity contribution >= 4 is 47.3 Å². The number of aromatic amines is 1. The van der Waals surface area contributed by atoms with Crippen LogP contribution in [0.2, 0.25) is 5.28 Å². The number of morpholine rings is 1. The Hall–Kier alpha value is -4.03. The molecule has 3 heterocycles. The van der Waals surface area contributed by atoms with Gasteiger partial charge in [0.15, 0.2) is 5.82 Å². The number of hydrogen-bond acceptors (Lipinski definition) is 8. The third-order valence-corrected chi connectivity index (χ3v) is 9.55. The molecule has 1 atom stereocenters. The molecule has 48 heavy (non-hydrogen) atoms. The van der Waals surface area contributed by atoms with Crippen LogP contribution in [0.1, 0.15) is 36.8 Å². The molecular formula is C35H42Cl2N8O3. The maximum atomic E-state index is 14.3. The highest BCUT2D eigenvalue weighted by atomic mass is 35.5. The van der Waals surface area contributed by atoms with Crippen molar-refractivity contribution in [3.8, 4) is 22.5 Å². The van der Waals surface area contributed by atoms with Gasteiger partial charge >= 0.3 is 0 Å². The molecular weight excluding hydrogens is 651 g/mol. The second-order valence-electron chi connectivity index (χ2n) is 12.5. The van der Waals surface area contributed by atoms with E-state index < -0.39 is 11.9 Å². The molecule has 5 N–H and O–H groups in total. The van der Waals surface area contributed by atoms with E-state index in [1.54, 1.807) is 4.90 Å². The minimum Gasteiger partial charge on any atom is -0.378 e. The Morgan fingerprint density at radius 3 is 2.40 bits per heavy atom. The van der Waals surface area contributed by atoms with E-state index in [1.165, 1.54) is 0 Å². The van der Waals surface area contributed by atoms with E-state index in [9.17, 15) is 9.59 Å². The van der Waals surface area contributed by atoms with Crippen LogP contribution in [0.15, 0.2) is 60.8 Å². The largest absolute Gasteiger partial charge is 0.378 e. The highest BCUT2D eigenvalue weighted by molar-refractivity contribution is 6.28. The summed E-state index contributed by atoms with van der Waals surface area (Å²) in [6.07, 6.45) is 5.37. The van der Waals surface area contributed by atoms with Crippen LogP contribution in [0.25, 0.3) is 22.5 Å². The SMILES string of the molecule is Cc1cc(N2CCOCC2)ncc1-c1cccc(C[C@@H](C(N)=O)N(c2ccc(-c3nnc(Cl)[nH]3)cc2)C(=O)[C@H]2CC[C@H](CN)CC2)c1.Cl. The zero-order chi connectivity index (χ0) is 32.9. The molecule has 1 saturated carbocycles. The van der Waals surface area contributed by atoms with Crippen molar-refractivity contribution in [2.75, 3.05) is 42.6 Å². The Kier molecular flexibility index (Phi) is 11.7. The number of nitrogens with zero attached hydrogens (tertiary/aromatic N) is 5. The second-order valence-corrected chi connectivity index (χ2v) is 12.8. The number of aromatic nitrogens is 4. The summed E-state index contributed by atoms with van der Waals surface area (Å²) >= 11 is 5.94. The first-order valence-electron chi connectivity index (χ1n) is 16.2. The molecule has 2 aliphatic rings. The van der Waals surface area contributed by atoms with Crippen molar-refractivity contribution in [1.29, 1.82) is 0 Å². The molecule has 1 aliphatic heterocycles. The van der Waals surface area contributed by atoms with Gasteiger partial charge in [0, 0.05) is 48.4 Å². The first-order valence-corrected chi connectivity index (χ1v) is 16.6. The lowest BCUT2D eigenvalue weighted by Gasteiger charge is -2.35. The summed E-state index contributed by atoms with van der Waals surface area (Å²) in [6, 6.07) is 16.5. The van der Waals surface area contributed by atoms with Crippen molar-refractivity contribution in [2.24, 2.45) is 23.3 Å². The molecule has 11 nitrogen and oxygen atoms in total. The normalized spacial score (nSPS) is 18.5. The fourth-order valence-electron chi connectivity index (χ4n) is 6.67. The zero-order valence-corrected chi connectivity index (χ0v) is 28.6. The van der Waals surface area contributed by atoms with Crippen LogP contribution in [0.5, 0.6) is 0 Å². The fraction of sp³-hybridized carbons (Fsp3) is 0.400.